The number of nitro groups is 1. The van der Waals surface area contributed by atoms with Gasteiger partial charge in [0.1, 0.15) is 0 Å². The number of piperidine rings is 1. The highest BCUT2D eigenvalue weighted by molar-refractivity contribution is 4.81. The molecule has 1 saturated heterocycles. The van der Waals surface area contributed by atoms with Gasteiger partial charge in [0.15, 0.2) is 6.19 Å². The van der Waals surface area contributed by atoms with E-state index >= 15 is 0 Å². The lowest BCUT2D eigenvalue weighted by molar-refractivity contribution is -0.525. The van der Waals surface area contributed by atoms with Crippen molar-refractivity contribution in [2.45, 2.75) is 18.9 Å². The highest BCUT2D eigenvalue weighted by atomic mass is 16.6. The van der Waals surface area contributed by atoms with Crippen molar-refractivity contribution in [3.8, 4) is 6.19 Å². The lowest BCUT2D eigenvalue weighted by atomic mass is 10.1. The van der Waals surface area contributed by atoms with Crippen LogP contribution in [0.4, 0.5) is 0 Å². The molecule has 1 fully saturated rings. The van der Waals surface area contributed by atoms with Crippen LogP contribution in [0.3, 0.4) is 0 Å². The molecule has 1 aliphatic heterocycles. The van der Waals surface area contributed by atoms with Crippen molar-refractivity contribution in [3.63, 3.8) is 0 Å². The van der Waals surface area contributed by atoms with E-state index in [4.69, 9.17) is 5.26 Å². The zero-order valence-electron chi connectivity index (χ0n) is 6.06. The normalized spacial score (nSPS) is 24.3. The highest BCUT2D eigenvalue weighted by Gasteiger charge is 2.27. The molecule has 0 saturated carbocycles. The average Bonchev–Trinajstić information content (AvgIpc) is 2.05. The van der Waals surface area contributed by atoms with Crippen molar-refractivity contribution in [3.05, 3.63) is 10.1 Å². The largest absolute Gasteiger partial charge is 0.304 e. The van der Waals surface area contributed by atoms with Crippen molar-refractivity contribution < 1.29 is 4.92 Å². The minimum Gasteiger partial charge on any atom is -0.304 e. The minimum absolute atomic E-state index is 0.281. The van der Waals surface area contributed by atoms with Gasteiger partial charge in [-0.25, -0.2) is 0 Å². The molecule has 1 heterocycles. The summed E-state index contributed by atoms with van der Waals surface area (Å²) < 4.78 is 0. The molecule has 0 spiro atoms. The summed E-state index contributed by atoms with van der Waals surface area (Å²) in [5.41, 5.74) is 0. The lowest BCUT2D eigenvalue weighted by Gasteiger charge is -2.22. The van der Waals surface area contributed by atoms with Crippen LogP contribution in [0.2, 0.25) is 0 Å². The van der Waals surface area contributed by atoms with Crippen LogP contribution >= 0.6 is 0 Å². The molecule has 0 amide bonds. The fourth-order valence-corrected chi connectivity index (χ4v) is 1.22. The van der Waals surface area contributed by atoms with Gasteiger partial charge < -0.3 is 4.90 Å². The molecule has 60 valence electrons. The molecule has 5 nitrogen and oxygen atoms in total. The van der Waals surface area contributed by atoms with Crippen LogP contribution in [0.25, 0.3) is 0 Å². The monoisotopic (exact) mass is 155 g/mol. The highest BCUT2D eigenvalue weighted by Crippen LogP contribution is 2.10. The Balaban J connectivity index is 2.47. The molecule has 0 radical (unpaired) electrons. The molecule has 0 aromatic rings. The third-order valence-corrected chi connectivity index (χ3v) is 1.84. The molecule has 1 atom stereocenters. The van der Waals surface area contributed by atoms with Gasteiger partial charge in [-0.15, -0.1) is 0 Å². The van der Waals surface area contributed by atoms with Crippen LogP contribution < -0.4 is 0 Å². The van der Waals surface area contributed by atoms with Crippen LogP contribution in [-0.4, -0.2) is 29.0 Å². The number of nitriles is 1. The van der Waals surface area contributed by atoms with Crippen molar-refractivity contribution in [1.82, 2.24) is 4.90 Å². The quantitative estimate of drug-likeness (QED) is 0.308. The van der Waals surface area contributed by atoms with E-state index in [0.717, 1.165) is 6.42 Å². The van der Waals surface area contributed by atoms with E-state index in [-0.39, 0.29) is 11.5 Å². The van der Waals surface area contributed by atoms with E-state index in [1.54, 1.807) is 0 Å². The molecular weight excluding hydrogens is 146 g/mol. The third-order valence-electron chi connectivity index (χ3n) is 1.84. The molecular formula is C6H9N3O2. The second-order valence-electron chi connectivity index (χ2n) is 2.63. The van der Waals surface area contributed by atoms with Gasteiger partial charge >= 0.3 is 0 Å². The molecule has 1 aliphatic rings. The average molecular weight is 155 g/mol. The van der Waals surface area contributed by atoms with Gasteiger partial charge in [0, 0.05) is 17.9 Å². The van der Waals surface area contributed by atoms with Gasteiger partial charge in [0.2, 0.25) is 6.04 Å². The van der Waals surface area contributed by atoms with E-state index in [2.05, 4.69) is 0 Å². The zero-order chi connectivity index (χ0) is 8.27. The van der Waals surface area contributed by atoms with E-state index < -0.39 is 6.04 Å². The summed E-state index contributed by atoms with van der Waals surface area (Å²) in [7, 11) is 0. The molecule has 1 unspecified atom stereocenters. The predicted octanol–water partition coefficient (Wildman–Crippen LogP) is 0.209. The molecule has 5 heteroatoms. The fourth-order valence-electron chi connectivity index (χ4n) is 1.22. The Labute approximate surface area is 64.4 Å². The summed E-state index contributed by atoms with van der Waals surface area (Å²) in [5, 5.41) is 18.7. The maximum absolute atomic E-state index is 10.3. The summed E-state index contributed by atoms with van der Waals surface area (Å²) in [6.45, 7) is 0.949. The summed E-state index contributed by atoms with van der Waals surface area (Å²) in [5.74, 6) is 0. The first-order valence-electron chi connectivity index (χ1n) is 3.52. The van der Waals surface area contributed by atoms with E-state index in [1.165, 1.54) is 4.90 Å². The van der Waals surface area contributed by atoms with Gasteiger partial charge in [-0.2, -0.15) is 5.26 Å². The summed E-state index contributed by atoms with van der Waals surface area (Å²) >= 11 is 0. The topological polar surface area (TPSA) is 70.2 Å². The molecule has 0 aromatic carbocycles. The Morgan fingerprint density at radius 1 is 1.73 bits per heavy atom. The zero-order valence-corrected chi connectivity index (χ0v) is 6.06. The first kappa shape index (κ1) is 7.79. The summed E-state index contributed by atoms with van der Waals surface area (Å²) in [6.07, 6.45) is 3.27. The molecule has 0 N–H and O–H groups in total. The van der Waals surface area contributed by atoms with Crippen molar-refractivity contribution >= 4 is 0 Å². The summed E-state index contributed by atoms with van der Waals surface area (Å²) in [4.78, 5) is 11.4. The SMILES string of the molecule is N#CN1CCCC([N+](=O)[O-])C1. The summed E-state index contributed by atoms with van der Waals surface area (Å²) in [6, 6.07) is -0.539. The number of hydrogen-bond acceptors (Lipinski definition) is 4. The number of nitrogens with zero attached hydrogens (tertiary/aromatic N) is 3. The van der Waals surface area contributed by atoms with Crippen molar-refractivity contribution in [2.75, 3.05) is 13.1 Å². The van der Waals surface area contributed by atoms with E-state index in [0.29, 0.717) is 13.0 Å². The Morgan fingerprint density at radius 3 is 3.00 bits per heavy atom. The smallest absolute Gasteiger partial charge is 0.231 e. The second-order valence-corrected chi connectivity index (χ2v) is 2.63. The first-order chi connectivity index (χ1) is 5.24. The van der Waals surface area contributed by atoms with Crippen LogP contribution in [0, 0.1) is 21.6 Å². The Kier molecular flexibility index (Phi) is 2.26. The number of likely N-dealkylation sites (tertiary alicyclic amines) is 1. The minimum atomic E-state index is -0.539. The Hall–Kier alpha value is -1.31. The third kappa shape index (κ3) is 1.80. The molecule has 0 bridgehead atoms. The second kappa shape index (κ2) is 3.19. The number of hydrogen-bond donors (Lipinski definition) is 0. The van der Waals surface area contributed by atoms with Crippen molar-refractivity contribution in [1.29, 1.82) is 5.26 Å². The van der Waals surface area contributed by atoms with Crippen molar-refractivity contribution in [2.24, 2.45) is 0 Å². The Morgan fingerprint density at radius 2 is 2.45 bits per heavy atom. The van der Waals surface area contributed by atoms with Gasteiger partial charge in [-0.1, -0.05) is 0 Å². The van der Waals surface area contributed by atoms with E-state index in [1.807, 2.05) is 6.19 Å². The maximum atomic E-state index is 10.3. The standard InChI is InChI=1S/C6H9N3O2/c7-5-8-3-1-2-6(4-8)9(10)11/h6H,1-4H2. The maximum Gasteiger partial charge on any atom is 0.231 e. The Bertz CT molecular complexity index is 198. The van der Waals surface area contributed by atoms with Gasteiger partial charge in [0.25, 0.3) is 0 Å². The molecule has 0 aromatic heterocycles. The van der Waals surface area contributed by atoms with Crippen LogP contribution in [-0.2, 0) is 0 Å². The van der Waals surface area contributed by atoms with Gasteiger partial charge in [-0.05, 0) is 6.42 Å². The van der Waals surface area contributed by atoms with Crippen LogP contribution in [0.1, 0.15) is 12.8 Å². The molecule has 11 heavy (non-hydrogen) atoms. The van der Waals surface area contributed by atoms with Gasteiger partial charge in [0.05, 0.1) is 6.54 Å². The number of rotatable bonds is 1. The first-order valence-corrected chi connectivity index (χ1v) is 3.52. The predicted molar refractivity (Wildman–Crippen MR) is 37.2 cm³/mol. The van der Waals surface area contributed by atoms with Crippen LogP contribution in [0.15, 0.2) is 0 Å². The van der Waals surface area contributed by atoms with Gasteiger partial charge in [-0.3, -0.25) is 10.1 Å². The fraction of sp³-hybridized carbons (Fsp3) is 0.833. The molecule has 1 rings (SSSR count). The van der Waals surface area contributed by atoms with Crippen LogP contribution in [0.5, 0.6) is 0 Å². The van der Waals surface area contributed by atoms with E-state index in [9.17, 15) is 10.1 Å². The molecule has 0 aliphatic carbocycles. The lowest BCUT2D eigenvalue weighted by Crippen LogP contribution is -2.39.